The smallest absolute Gasteiger partial charge is 0.321 e. The number of fused-ring (bicyclic) bond motifs is 1. The first-order valence-corrected chi connectivity index (χ1v) is 8.60. The topological polar surface area (TPSA) is 104 Å². The first kappa shape index (κ1) is 17.9. The molecule has 2 rings (SSSR count). The first-order chi connectivity index (χ1) is 11.2. The maximum atomic E-state index is 12.8. The molecule has 2 aromatic carbocycles. The molecule has 8 heteroatoms. The molecule has 0 aliphatic heterocycles. The molecule has 0 saturated carbocycles. The Labute approximate surface area is 139 Å². The summed E-state index contributed by atoms with van der Waals surface area (Å²) >= 11 is 0. The number of carboxylic acids is 1. The van der Waals surface area contributed by atoms with Crippen molar-refractivity contribution in [1.29, 1.82) is 0 Å². The largest absolute Gasteiger partial charge is 0.480 e. The molecule has 24 heavy (non-hydrogen) atoms. The summed E-state index contributed by atoms with van der Waals surface area (Å²) in [4.78, 5) is 22.4. The second kappa shape index (κ2) is 6.58. The first-order valence-electron chi connectivity index (χ1n) is 7.16. The summed E-state index contributed by atoms with van der Waals surface area (Å²) in [6.45, 7) is 2.66. The number of benzene rings is 2. The zero-order valence-corrected chi connectivity index (χ0v) is 14.3. The summed E-state index contributed by atoms with van der Waals surface area (Å²) in [6, 6.07) is 8.38. The van der Waals surface area contributed by atoms with Crippen molar-refractivity contribution in [3.63, 3.8) is 0 Å². The number of nitrogens with one attached hydrogen (secondary N) is 1. The number of sulfonamides is 1. The number of carboxylic acid groups (broad SMARTS) is 1. The highest BCUT2D eigenvalue weighted by molar-refractivity contribution is 7.89. The van der Waals surface area contributed by atoms with Crippen molar-refractivity contribution in [2.24, 2.45) is 0 Å². The second-order valence-corrected chi connectivity index (χ2v) is 7.34. The standard InChI is InChI=1S/C16H18N2O5S/c1-10(16(20)21)18(3)24(22,23)15-9-8-14(17-11(2)19)12-6-4-5-7-13(12)15/h4-10H,1-3H3,(H,17,19)(H,20,21). The van der Waals surface area contributed by atoms with Gasteiger partial charge >= 0.3 is 5.97 Å². The Bertz CT molecular complexity index is 908. The minimum Gasteiger partial charge on any atom is -0.480 e. The molecule has 0 heterocycles. The highest BCUT2D eigenvalue weighted by Gasteiger charge is 2.30. The molecular weight excluding hydrogens is 332 g/mol. The Hall–Kier alpha value is -2.45. The van der Waals surface area contributed by atoms with Crippen LogP contribution < -0.4 is 5.32 Å². The Morgan fingerprint density at radius 3 is 2.25 bits per heavy atom. The molecule has 2 N–H and O–H groups in total. The molecule has 0 aliphatic rings. The summed E-state index contributed by atoms with van der Waals surface area (Å²) < 4.78 is 26.4. The molecule has 7 nitrogen and oxygen atoms in total. The van der Waals surface area contributed by atoms with Crippen LogP contribution in [0.4, 0.5) is 5.69 Å². The average molecular weight is 350 g/mol. The van der Waals surface area contributed by atoms with Gasteiger partial charge in [0.25, 0.3) is 0 Å². The lowest BCUT2D eigenvalue weighted by Crippen LogP contribution is -2.40. The number of likely N-dealkylation sites (N-methyl/N-ethyl adjacent to an activating group) is 1. The van der Waals surface area contributed by atoms with Crippen molar-refractivity contribution in [2.75, 3.05) is 12.4 Å². The third-order valence-electron chi connectivity index (χ3n) is 3.75. The summed E-state index contributed by atoms with van der Waals surface area (Å²) in [5.74, 6) is -1.51. The maximum absolute atomic E-state index is 12.8. The molecule has 0 bridgehead atoms. The van der Waals surface area contributed by atoms with E-state index in [1.807, 2.05) is 0 Å². The Balaban J connectivity index is 2.66. The van der Waals surface area contributed by atoms with Gasteiger partial charge in [0.05, 0.1) is 4.90 Å². The minimum absolute atomic E-state index is 0.0113. The Morgan fingerprint density at radius 1 is 1.12 bits per heavy atom. The van der Waals surface area contributed by atoms with Crippen LogP contribution in [-0.4, -0.2) is 42.8 Å². The number of carbonyl (C=O) groups is 2. The zero-order valence-electron chi connectivity index (χ0n) is 13.5. The summed E-state index contributed by atoms with van der Waals surface area (Å²) in [5.41, 5.74) is 0.492. The third kappa shape index (κ3) is 3.24. The van der Waals surface area contributed by atoms with Gasteiger partial charge in [-0.15, -0.1) is 0 Å². The molecule has 0 spiro atoms. The van der Waals surface area contributed by atoms with Gasteiger partial charge in [0.1, 0.15) is 6.04 Å². The number of anilines is 1. The highest BCUT2D eigenvalue weighted by Crippen LogP contribution is 2.31. The van der Waals surface area contributed by atoms with Gasteiger partial charge in [0, 0.05) is 30.4 Å². The molecule has 2 aromatic rings. The fourth-order valence-electron chi connectivity index (χ4n) is 2.31. The molecule has 0 aromatic heterocycles. The van der Waals surface area contributed by atoms with Crippen LogP contribution in [0.15, 0.2) is 41.3 Å². The summed E-state index contributed by atoms with van der Waals surface area (Å²) in [7, 11) is -2.79. The molecular formula is C16H18N2O5S. The number of rotatable bonds is 5. The third-order valence-corrected chi connectivity index (χ3v) is 5.74. The van der Waals surface area contributed by atoms with E-state index in [0.29, 0.717) is 16.5 Å². The number of nitrogens with zero attached hydrogens (tertiary/aromatic N) is 1. The SMILES string of the molecule is CC(=O)Nc1ccc(S(=O)(=O)N(C)C(C)C(=O)O)c2ccccc12. The van der Waals surface area contributed by atoms with Crippen molar-refractivity contribution in [2.45, 2.75) is 24.8 Å². The van der Waals surface area contributed by atoms with Crippen LogP contribution in [0.3, 0.4) is 0 Å². The van der Waals surface area contributed by atoms with Gasteiger partial charge in [-0.3, -0.25) is 9.59 Å². The van der Waals surface area contributed by atoms with Gasteiger partial charge in [0.15, 0.2) is 0 Å². The van der Waals surface area contributed by atoms with Crippen LogP contribution in [-0.2, 0) is 19.6 Å². The molecule has 1 atom stereocenters. The fourth-order valence-corrected chi connectivity index (χ4v) is 3.83. The van der Waals surface area contributed by atoms with Gasteiger partial charge in [-0.05, 0) is 19.1 Å². The van der Waals surface area contributed by atoms with E-state index in [4.69, 9.17) is 5.11 Å². The number of hydrogen-bond donors (Lipinski definition) is 2. The molecule has 128 valence electrons. The zero-order chi connectivity index (χ0) is 18.1. The van der Waals surface area contributed by atoms with Crippen molar-refractivity contribution in [3.8, 4) is 0 Å². The lowest BCUT2D eigenvalue weighted by Gasteiger charge is -2.22. The molecule has 0 aliphatic carbocycles. The number of amides is 1. The van der Waals surface area contributed by atoms with Gasteiger partial charge in [-0.1, -0.05) is 24.3 Å². The molecule has 0 fully saturated rings. The van der Waals surface area contributed by atoms with Crippen molar-refractivity contribution >= 4 is 38.4 Å². The molecule has 0 radical (unpaired) electrons. The lowest BCUT2D eigenvalue weighted by molar-refractivity contribution is -0.140. The normalized spacial score (nSPS) is 13.0. The lowest BCUT2D eigenvalue weighted by atomic mass is 10.1. The second-order valence-electron chi connectivity index (χ2n) is 5.37. The van der Waals surface area contributed by atoms with E-state index in [1.54, 1.807) is 24.3 Å². The highest BCUT2D eigenvalue weighted by atomic mass is 32.2. The van der Waals surface area contributed by atoms with Crippen molar-refractivity contribution < 1.29 is 23.1 Å². The van der Waals surface area contributed by atoms with Gasteiger partial charge in [-0.25, -0.2) is 8.42 Å². The summed E-state index contributed by atoms with van der Waals surface area (Å²) in [6.07, 6.45) is 0. The maximum Gasteiger partial charge on any atom is 0.321 e. The van der Waals surface area contributed by atoms with Gasteiger partial charge < -0.3 is 10.4 Å². The average Bonchev–Trinajstić information content (AvgIpc) is 2.52. The summed E-state index contributed by atoms with van der Waals surface area (Å²) in [5, 5.41) is 12.7. The van der Waals surface area contributed by atoms with Crippen LogP contribution in [0, 0.1) is 0 Å². The molecule has 1 amide bonds. The number of carbonyl (C=O) groups excluding carboxylic acids is 1. The molecule has 1 unspecified atom stereocenters. The molecule has 0 saturated heterocycles. The number of aliphatic carboxylic acids is 1. The minimum atomic E-state index is -4.02. The van der Waals surface area contributed by atoms with E-state index < -0.39 is 22.0 Å². The van der Waals surface area contributed by atoms with Gasteiger partial charge in [-0.2, -0.15) is 4.31 Å². The fraction of sp³-hybridized carbons (Fsp3) is 0.250. The van der Waals surface area contributed by atoms with Crippen molar-refractivity contribution in [3.05, 3.63) is 36.4 Å². The number of hydrogen-bond acceptors (Lipinski definition) is 4. The van der Waals surface area contributed by atoms with E-state index in [1.165, 1.54) is 33.0 Å². The predicted octanol–water partition coefficient (Wildman–Crippen LogP) is 1.89. The van der Waals surface area contributed by atoms with E-state index in [9.17, 15) is 18.0 Å². The Kier molecular flexibility index (Phi) is 4.91. The Morgan fingerprint density at radius 2 is 1.71 bits per heavy atom. The van der Waals surface area contributed by atoms with E-state index in [0.717, 1.165) is 4.31 Å². The van der Waals surface area contributed by atoms with E-state index in [2.05, 4.69) is 5.32 Å². The van der Waals surface area contributed by atoms with Crippen molar-refractivity contribution in [1.82, 2.24) is 4.31 Å². The van der Waals surface area contributed by atoms with Crippen LogP contribution in [0.2, 0.25) is 0 Å². The van der Waals surface area contributed by atoms with E-state index in [-0.39, 0.29) is 10.8 Å². The monoisotopic (exact) mass is 350 g/mol. The van der Waals surface area contributed by atoms with Crippen LogP contribution >= 0.6 is 0 Å². The van der Waals surface area contributed by atoms with Gasteiger partial charge in [0.2, 0.25) is 15.9 Å². The quantitative estimate of drug-likeness (QED) is 0.857. The predicted molar refractivity (Wildman–Crippen MR) is 90.3 cm³/mol. The van der Waals surface area contributed by atoms with E-state index >= 15 is 0 Å². The van der Waals surface area contributed by atoms with Crippen LogP contribution in [0.5, 0.6) is 0 Å². The van der Waals surface area contributed by atoms with Crippen LogP contribution in [0.1, 0.15) is 13.8 Å². The van der Waals surface area contributed by atoms with Crippen LogP contribution in [0.25, 0.3) is 10.8 Å².